The van der Waals surface area contributed by atoms with Crippen LogP contribution in [0.4, 0.5) is 0 Å². The van der Waals surface area contributed by atoms with E-state index in [1.165, 1.54) is 0 Å². The first kappa shape index (κ1) is 18.3. The molecule has 0 atom stereocenters. The average Bonchev–Trinajstić information content (AvgIpc) is 3.24. The molecule has 0 saturated carbocycles. The maximum absolute atomic E-state index is 12.8. The summed E-state index contributed by atoms with van der Waals surface area (Å²) in [7, 11) is 3.62. The van der Waals surface area contributed by atoms with Crippen LogP contribution in [0.3, 0.4) is 0 Å². The van der Waals surface area contributed by atoms with Crippen LogP contribution in [-0.2, 0) is 13.6 Å². The van der Waals surface area contributed by atoms with Crippen molar-refractivity contribution < 1.29 is 9.21 Å². The highest BCUT2D eigenvalue weighted by Crippen LogP contribution is 2.29. The van der Waals surface area contributed by atoms with Crippen molar-refractivity contribution in [3.8, 4) is 11.4 Å². The Hall–Kier alpha value is -3.12. The maximum Gasteiger partial charge on any atom is 0.255 e. The molecule has 0 bridgehead atoms. The monoisotopic (exact) mass is 394 g/mol. The Morgan fingerprint density at radius 1 is 1.25 bits per heavy atom. The summed E-state index contributed by atoms with van der Waals surface area (Å²) in [5.74, 6) is 2.12. The summed E-state index contributed by atoms with van der Waals surface area (Å²) in [6.45, 7) is 2.26. The molecule has 3 aromatic heterocycles. The standard InChI is InChI=1S/C21H19ClN4O2/c1-13-8-9-15(28-13)12-25(2)21(27)14-10-18-20(23-11-14)26(3)19(24-18)16-6-4-5-7-17(16)22/h4-11H,12H2,1-3H3. The predicted octanol–water partition coefficient (Wildman–Crippen LogP) is 4.46. The molecular formula is C21H19ClN4O2. The van der Waals surface area contributed by atoms with Crippen molar-refractivity contribution in [3.05, 3.63) is 70.8 Å². The smallest absolute Gasteiger partial charge is 0.255 e. The Labute approximate surface area is 167 Å². The van der Waals surface area contributed by atoms with Gasteiger partial charge in [0, 0.05) is 25.9 Å². The lowest BCUT2D eigenvalue weighted by atomic mass is 10.2. The number of aromatic nitrogens is 3. The SMILES string of the molecule is Cc1ccc(CN(C)C(=O)c2cnc3c(c2)nc(-c2ccccc2Cl)n3C)o1. The van der Waals surface area contributed by atoms with Crippen molar-refractivity contribution in [1.82, 2.24) is 19.4 Å². The molecule has 0 spiro atoms. The van der Waals surface area contributed by atoms with Gasteiger partial charge in [-0.3, -0.25) is 4.79 Å². The molecule has 0 aliphatic heterocycles. The minimum Gasteiger partial charge on any atom is -0.464 e. The number of carbonyl (C=O) groups excluding carboxylic acids is 1. The molecule has 0 unspecified atom stereocenters. The Balaban J connectivity index is 1.66. The summed E-state index contributed by atoms with van der Waals surface area (Å²) in [4.78, 5) is 23.5. The summed E-state index contributed by atoms with van der Waals surface area (Å²) < 4.78 is 7.43. The van der Waals surface area contributed by atoms with Gasteiger partial charge in [0.15, 0.2) is 5.65 Å². The number of pyridine rings is 1. The van der Waals surface area contributed by atoms with Crippen molar-refractivity contribution in [1.29, 1.82) is 0 Å². The van der Waals surface area contributed by atoms with Crippen molar-refractivity contribution in [3.63, 3.8) is 0 Å². The van der Waals surface area contributed by atoms with E-state index in [0.717, 1.165) is 17.1 Å². The second-order valence-electron chi connectivity index (χ2n) is 6.71. The molecule has 4 aromatic rings. The van der Waals surface area contributed by atoms with Crippen LogP contribution in [0.5, 0.6) is 0 Å². The number of benzene rings is 1. The molecular weight excluding hydrogens is 376 g/mol. The number of fused-ring (bicyclic) bond motifs is 1. The first-order valence-electron chi connectivity index (χ1n) is 8.82. The van der Waals surface area contributed by atoms with Gasteiger partial charge < -0.3 is 13.9 Å². The predicted molar refractivity (Wildman–Crippen MR) is 108 cm³/mol. The highest BCUT2D eigenvalue weighted by molar-refractivity contribution is 6.33. The fourth-order valence-electron chi connectivity index (χ4n) is 3.17. The number of amides is 1. The Morgan fingerprint density at radius 3 is 2.75 bits per heavy atom. The van der Waals surface area contributed by atoms with Gasteiger partial charge in [-0.25, -0.2) is 9.97 Å². The number of halogens is 1. The van der Waals surface area contributed by atoms with Gasteiger partial charge in [-0.2, -0.15) is 0 Å². The molecule has 0 saturated heterocycles. The third-order valence-corrected chi connectivity index (χ3v) is 4.94. The van der Waals surface area contributed by atoms with Crippen molar-refractivity contribution in [2.45, 2.75) is 13.5 Å². The molecule has 0 N–H and O–H groups in total. The van der Waals surface area contributed by atoms with Crippen LogP contribution in [0.15, 0.2) is 53.1 Å². The lowest BCUT2D eigenvalue weighted by Gasteiger charge is -2.15. The van der Waals surface area contributed by atoms with Crippen LogP contribution in [0.2, 0.25) is 5.02 Å². The first-order valence-corrected chi connectivity index (χ1v) is 9.20. The molecule has 7 heteroatoms. The zero-order valence-corrected chi connectivity index (χ0v) is 16.6. The van der Waals surface area contributed by atoms with E-state index < -0.39 is 0 Å². The minimum absolute atomic E-state index is 0.145. The van der Waals surface area contributed by atoms with Gasteiger partial charge >= 0.3 is 0 Å². The second kappa shape index (κ2) is 7.13. The molecule has 28 heavy (non-hydrogen) atoms. The number of carbonyl (C=O) groups is 1. The summed E-state index contributed by atoms with van der Waals surface area (Å²) in [5, 5.41) is 0.616. The largest absolute Gasteiger partial charge is 0.464 e. The zero-order valence-electron chi connectivity index (χ0n) is 15.8. The van der Waals surface area contributed by atoms with Crippen molar-refractivity contribution >= 4 is 28.7 Å². The van der Waals surface area contributed by atoms with E-state index in [1.54, 1.807) is 24.2 Å². The van der Waals surface area contributed by atoms with Crippen molar-refractivity contribution in [2.24, 2.45) is 7.05 Å². The topological polar surface area (TPSA) is 64.2 Å². The molecule has 0 fully saturated rings. The maximum atomic E-state index is 12.8. The van der Waals surface area contributed by atoms with Crippen LogP contribution < -0.4 is 0 Å². The highest BCUT2D eigenvalue weighted by Gasteiger charge is 2.18. The third-order valence-electron chi connectivity index (χ3n) is 4.61. The fourth-order valence-corrected chi connectivity index (χ4v) is 3.39. The van der Waals surface area contributed by atoms with E-state index in [1.807, 2.05) is 54.9 Å². The number of nitrogens with zero attached hydrogens (tertiary/aromatic N) is 4. The van der Waals surface area contributed by atoms with Gasteiger partial charge in [-0.05, 0) is 37.3 Å². The summed E-state index contributed by atoms with van der Waals surface area (Å²) in [6, 6.07) is 13.0. The van der Waals surface area contributed by atoms with Gasteiger partial charge in [-0.1, -0.05) is 23.7 Å². The summed E-state index contributed by atoms with van der Waals surface area (Å²) in [5.41, 5.74) is 2.63. The zero-order chi connectivity index (χ0) is 19.8. The molecule has 3 heterocycles. The number of hydrogen-bond donors (Lipinski definition) is 0. The number of aryl methyl sites for hydroxylation is 2. The fraction of sp³-hybridized carbons (Fsp3) is 0.190. The van der Waals surface area contributed by atoms with Gasteiger partial charge in [0.25, 0.3) is 5.91 Å². The molecule has 6 nitrogen and oxygen atoms in total. The third kappa shape index (κ3) is 3.27. The highest BCUT2D eigenvalue weighted by atomic mass is 35.5. The molecule has 0 aliphatic carbocycles. The van der Waals surface area contributed by atoms with Gasteiger partial charge in [-0.15, -0.1) is 0 Å². The van der Waals surface area contributed by atoms with Gasteiger partial charge in [0.1, 0.15) is 22.9 Å². The molecule has 4 rings (SSSR count). The number of imidazole rings is 1. The van der Waals surface area contributed by atoms with E-state index in [9.17, 15) is 4.79 Å². The Morgan fingerprint density at radius 2 is 2.04 bits per heavy atom. The van der Waals surface area contributed by atoms with Crippen LogP contribution >= 0.6 is 11.6 Å². The van der Waals surface area contributed by atoms with Crippen molar-refractivity contribution in [2.75, 3.05) is 7.05 Å². The summed E-state index contributed by atoms with van der Waals surface area (Å²) >= 11 is 6.32. The van der Waals surface area contributed by atoms with E-state index in [-0.39, 0.29) is 5.91 Å². The van der Waals surface area contributed by atoms with Gasteiger partial charge in [0.2, 0.25) is 0 Å². The lowest BCUT2D eigenvalue weighted by molar-refractivity contribution is 0.0774. The number of rotatable bonds is 4. The minimum atomic E-state index is -0.145. The number of furan rings is 1. The van der Waals surface area contributed by atoms with Gasteiger partial charge in [0.05, 0.1) is 17.1 Å². The second-order valence-corrected chi connectivity index (χ2v) is 7.12. The van der Waals surface area contributed by atoms with Crippen LogP contribution in [-0.4, -0.2) is 32.4 Å². The summed E-state index contributed by atoms with van der Waals surface area (Å²) in [6.07, 6.45) is 1.58. The quantitative estimate of drug-likeness (QED) is 0.512. The molecule has 142 valence electrons. The van der Waals surface area contributed by atoms with E-state index in [0.29, 0.717) is 34.1 Å². The Kier molecular flexibility index (Phi) is 4.65. The van der Waals surface area contributed by atoms with Crippen LogP contribution in [0.1, 0.15) is 21.9 Å². The normalized spacial score (nSPS) is 11.1. The first-order chi connectivity index (χ1) is 13.4. The Bertz CT molecular complexity index is 1180. The van der Waals surface area contributed by atoms with Crippen LogP contribution in [0, 0.1) is 6.92 Å². The number of hydrogen-bond acceptors (Lipinski definition) is 4. The van der Waals surface area contributed by atoms with E-state index >= 15 is 0 Å². The molecule has 1 amide bonds. The molecule has 0 aliphatic rings. The average molecular weight is 395 g/mol. The van der Waals surface area contributed by atoms with E-state index in [4.69, 9.17) is 16.0 Å². The molecule has 0 radical (unpaired) electrons. The lowest BCUT2D eigenvalue weighted by Crippen LogP contribution is -2.26. The van der Waals surface area contributed by atoms with Crippen LogP contribution in [0.25, 0.3) is 22.6 Å². The van der Waals surface area contributed by atoms with E-state index in [2.05, 4.69) is 9.97 Å². The molecule has 1 aromatic carbocycles.